The number of anilines is 3. The van der Waals surface area contributed by atoms with Crippen molar-refractivity contribution in [2.45, 2.75) is 10.9 Å². The van der Waals surface area contributed by atoms with Crippen LogP contribution < -0.4 is 10.6 Å². The molecule has 1 amide bonds. The molecule has 0 spiro atoms. The van der Waals surface area contributed by atoms with Gasteiger partial charge in [0.25, 0.3) is 5.91 Å². The summed E-state index contributed by atoms with van der Waals surface area (Å²) < 4.78 is 2.62. The average Bonchev–Trinajstić information content (AvgIpc) is 3.34. The Morgan fingerprint density at radius 2 is 1.50 bits per heavy atom. The van der Waals surface area contributed by atoms with Gasteiger partial charge in [-0.3, -0.25) is 4.79 Å². The third kappa shape index (κ3) is 5.78. The van der Waals surface area contributed by atoms with E-state index in [0.29, 0.717) is 22.3 Å². The average molecular weight is 558 g/mol. The third-order valence-electron chi connectivity index (χ3n) is 5.13. The maximum absolute atomic E-state index is 13.2. The number of nitrogens with zero attached hydrogens (tertiary/aromatic N) is 5. The van der Waals surface area contributed by atoms with Crippen molar-refractivity contribution < 1.29 is 4.79 Å². The van der Waals surface area contributed by atoms with Gasteiger partial charge in [0.05, 0.1) is 11.4 Å². The molecule has 0 radical (unpaired) electrons. The first-order valence-electron chi connectivity index (χ1n) is 11.0. The van der Waals surface area contributed by atoms with E-state index in [1.165, 1.54) is 11.8 Å². The van der Waals surface area contributed by atoms with Crippen LogP contribution in [0.2, 0.25) is 0 Å². The number of rotatable bonds is 8. The van der Waals surface area contributed by atoms with Gasteiger partial charge in [-0.05, 0) is 66.7 Å². The molecule has 0 aliphatic carbocycles. The highest BCUT2D eigenvalue weighted by atomic mass is 79.9. The predicted molar refractivity (Wildman–Crippen MR) is 145 cm³/mol. The largest absolute Gasteiger partial charge is 0.356 e. The smallest absolute Gasteiger partial charge is 0.278 e. The van der Waals surface area contributed by atoms with Gasteiger partial charge in [0.2, 0.25) is 0 Å². The first-order chi connectivity index (χ1) is 17.7. The number of amides is 1. The zero-order chi connectivity index (χ0) is 24.7. The summed E-state index contributed by atoms with van der Waals surface area (Å²) in [7, 11) is 0. The summed E-state index contributed by atoms with van der Waals surface area (Å²) in [5.74, 6) is 0.0715. The molecule has 5 rings (SSSR count). The van der Waals surface area contributed by atoms with E-state index >= 15 is 0 Å². The molecule has 8 nitrogen and oxygen atoms in total. The number of benzene rings is 3. The fraction of sp³-hybridized carbons (Fsp3) is 0.0385. The van der Waals surface area contributed by atoms with E-state index in [4.69, 9.17) is 0 Å². The molecule has 2 aromatic heterocycles. The van der Waals surface area contributed by atoms with Gasteiger partial charge in [-0.15, -0.1) is 5.10 Å². The topological polar surface area (TPSA) is 97.6 Å². The molecule has 2 heterocycles. The predicted octanol–water partition coefficient (Wildman–Crippen LogP) is 6.11. The van der Waals surface area contributed by atoms with E-state index in [0.717, 1.165) is 21.5 Å². The number of nitrogens with one attached hydrogen (secondary N) is 2. The van der Waals surface area contributed by atoms with Crippen molar-refractivity contribution in [3.05, 3.63) is 113 Å². The fourth-order valence-corrected chi connectivity index (χ4v) is 4.47. The zero-order valence-electron chi connectivity index (χ0n) is 18.9. The summed E-state index contributed by atoms with van der Waals surface area (Å²) in [6.45, 7) is 0. The second kappa shape index (κ2) is 11.1. The van der Waals surface area contributed by atoms with Crippen molar-refractivity contribution >= 4 is 50.7 Å². The molecule has 0 unspecified atom stereocenters. The maximum atomic E-state index is 13.2. The van der Waals surface area contributed by atoms with Gasteiger partial charge in [-0.1, -0.05) is 51.1 Å². The van der Waals surface area contributed by atoms with E-state index in [9.17, 15) is 4.79 Å². The van der Waals surface area contributed by atoms with Gasteiger partial charge in [0, 0.05) is 39.7 Å². The number of halogens is 1. The Balaban J connectivity index is 1.36. The number of hydrogen-bond donors (Lipinski definition) is 2. The lowest BCUT2D eigenvalue weighted by molar-refractivity contribution is 0.102. The molecule has 0 aliphatic heterocycles. The molecule has 5 aromatic rings. The lowest BCUT2D eigenvalue weighted by Crippen LogP contribution is -2.15. The van der Waals surface area contributed by atoms with Gasteiger partial charge < -0.3 is 10.6 Å². The molecule has 0 fully saturated rings. The Bertz CT molecular complexity index is 1440. The van der Waals surface area contributed by atoms with Crippen LogP contribution in [0.15, 0.2) is 107 Å². The Hall–Kier alpha value is -4.02. The van der Waals surface area contributed by atoms with Crippen LogP contribution in [0.4, 0.5) is 17.1 Å². The Morgan fingerprint density at radius 1 is 0.833 bits per heavy atom. The van der Waals surface area contributed by atoms with Gasteiger partial charge >= 0.3 is 0 Å². The fourth-order valence-electron chi connectivity index (χ4n) is 3.41. The van der Waals surface area contributed by atoms with Gasteiger partial charge in [-0.25, -0.2) is 14.6 Å². The number of para-hydroxylation sites is 1. The summed E-state index contributed by atoms with van der Waals surface area (Å²) in [6, 6.07) is 26.8. The van der Waals surface area contributed by atoms with Gasteiger partial charge in [0.15, 0.2) is 10.9 Å². The van der Waals surface area contributed by atoms with Gasteiger partial charge in [0.1, 0.15) is 0 Å². The van der Waals surface area contributed by atoms with E-state index in [1.54, 1.807) is 23.1 Å². The van der Waals surface area contributed by atoms with Crippen LogP contribution in [0.5, 0.6) is 0 Å². The van der Waals surface area contributed by atoms with Gasteiger partial charge in [-0.2, -0.15) is 0 Å². The monoisotopic (exact) mass is 557 g/mol. The van der Waals surface area contributed by atoms with Crippen molar-refractivity contribution in [1.29, 1.82) is 0 Å². The normalized spacial score (nSPS) is 10.7. The van der Waals surface area contributed by atoms with E-state index in [-0.39, 0.29) is 11.6 Å². The highest BCUT2D eigenvalue weighted by Gasteiger charge is 2.21. The van der Waals surface area contributed by atoms with Crippen LogP contribution in [0.25, 0.3) is 5.69 Å². The third-order valence-corrected chi connectivity index (χ3v) is 6.55. The number of carbonyl (C=O) groups excluding carboxylic acids is 1. The Labute approximate surface area is 220 Å². The molecule has 10 heteroatoms. The molecule has 2 N–H and O–H groups in total. The molecule has 3 aromatic carbocycles. The van der Waals surface area contributed by atoms with E-state index in [1.807, 2.05) is 78.9 Å². The number of aromatic nitrogens is 5. The summed E-state index contributed by atoms with van der Waals surface area (Å²) >= 11 is 4.86. The van der Waals surface area contributed by atoms with Crippen LogP contribution in [-0.2, 0) is 5.75 Å². The molecule has 0 aliphatic rings. The second-order valence-electron chi connectivity index (χ2n) is 7.62. The standard InChI is InChI=1S/C26H20BrN7OS/c27-18-7-13-22(14-8-18)34-23(17-36-26-28-15-4-16-29-26)24(32-33-34)25(35)31-21-11-9-20(10-12-21)30-19-5-2-1-3-6-19/h1-16,30H,17H2,(H,31,35). The lowest BCUT2D eigenvalue weighted by Gasteiger charge is -2.10. The molecule has 0 saturated carbocycles. The molecule has 0 atom stereocenters. The number of thioether (sulfide) groups is 1. The Kier molecular flexibility index (Phi) is 7.34. The van der Waals surface area contributed by atoms with Crippen LogP contribution in [-0.4, -0.2) is 30.9 Å². The van der Waals surface area contributed by atoms with Crippen molar-refractivity contribution in [3.8, 4) is 5.69 Å². The first kappa shape index (κ1) is 23.7. The maximum Gasteiger partial charge on any atom is 0.278 e. The van der Waals surface area contributed by atoms with E-state index in [2.05, 4.69) is 46.8 Å². The van der Waals surface area contributed by atoms with Crippen molar-refractivity contribution in [1.82, 2.24) is 25.0 Å². The molecular weight excluding hydrogens is 538 g/mol. The van der Waals surface area contributed by atoms with Crippen LogP contribution in [0.1, 0.15) is 16.2 Å². The lowest BCUT2D eigenvalue weighted by atomic mass is 10.2. The SMILES string of the molecule is O=C(Nc1ccc(Nc2ccccc2)cc1)c1nnn(-c2ccc(Br)cc2)c1CSc1ncccn1. The van der Waals surface area contributed by atoms with Crippen LogP contribution in [0.3, 0.4) is 0 Å². The minimum atomic E-state index is -0.341. The highest BCUT2D eigenvalue weighted by Crippen LogP contribution is 2.25. The highest BCUT2D eigenvalue weighted by molar-refractivity contribution is 9.10. The van der Waals surface area contributed by atoms with Crippen LogP contribution >= 0.6 is 27.7 Å². The van der Waals surface area contributed by atoms with E-state index < -0.39 is 0 Å². The molecular formula is C26H20BrN7OS. The second-order valence-corrected chi connectivity index (χ2v) is 9.47. The quantitative estimate of drug-likeness (QED) is 0.175. The minimum Gasteiger partial charge on any atom is -0.356 e. The van der Waals surface area contributed by atoms with Crippen molar-refractivity contribution in [2.24, 2.45) is 0 Å². The molecule has 36 heavy (non-hydrogen) atoms. The molecule has 178 valence electrons. The summed E-state index contributed by atoms with van der Waals surface area (Å²) in [4.78, 5) is 21.8. The summed E-state index contributed by atoms with van der Waals surface area (Å²) in [5, 5.41) is 15.4. The molecule has 0 bridgehead atoms. The van der Waals surface area contributed by atoms with Crippen molar-refractivity contribution in [2.75, 3.05) is 10.6 Å². The number of carbonyl (C=O) groups is 1. The zero-order valence-corrected chi connectivity index (χ0v) is 21.3. The summed E-state index contributed by atoms with van der Waals surface area (Å²) in [6.07, 6.45) is 3.37. The summed E-state index contributed by atoms with van der Waals surface area (Å²) in [5.41, 5.74) is 4.25. The van der Waals surface area contributed by atoms with Crippen LogP contribution in [0, 0.1) is 0 Å². The minimum absolute atomic E-state index is 0.243. The Morgan fingerprint density at radius 3 is 2.22 bits per heavy atom. The van der Waals surface area contributed by atoms with Crippen molar-refractivity contribution in [3.63, 3.8) is 0 Å². The molecule has 0 saturated heterocycles. The first-order valence-corrected chi connectivity index (χ1v) is 12.8. The number of hydrogen-bond acceptors (Lipinski definition) is 7.